The van der Waals surface area contributed by atoms with Crippen molar-refractivity contribution in [2.75, 3.05) is 18.4 Å². The molecule has 1 fully saturated rings. The maximum atomic E-state index is 13.0. The molecule has 4 aromatic rings. The van der Waals surface area contributed by atoms with E-state index in [1.807, 2.05) is 23.1 Å². The van der Waals surface area contributed by atoms with Gasteiger partial charge < -0.3 is 16.0 Å². The van der Waals surface area contributed by atoms with Crippen LogP contribution in [0.3, 0.4) is 0 Å². The number of thiophene rings is 1. The molecule has 0 bridgehead atoms. The molecule has 0 radical (unpaired) electrons. The molecular formula is C22H21N5O3S2. The van der Waals surface area contributed by atoms with Crippen molar-refractivity contribution >= 4 is 60.6 Å². The first-order valence-corrected chi connectivity index (χ1v) is 12.2. The molecular weight excluding hydrogens is 446 g/mol. The largest absolute Gasteiger partial charge is 0.338 e. The standard InChI is InChI=1S/C22H21N5O3S2/c23-14-6-8-27(9-7-14)21(28)19-11-17-18(31-19)5-4-13-12-24-22(26-20(13)17)25-15-2-1-3-16(10-15)32(29)30/h1-5,10-12,14,32H,6-9,23H2,(H,24,25,26). The fourth-order valence-electron chi connectivity index (χ4n) is 3.86. The lowest BCUT2D eigenvalue weighted by molar-refractivity contribution is 0.0720. The first kappa shape index (κ1) is 20.8. The van der Waals surface area contributed by atoms with Crippen molar-refractivity contribution in [3.63, 3.8) is 0 Å². The van der Waals surface area contributed by atoms with Gasteiger partial charge in [0.05, 0.1) is 15.3 Å². The summed E-state index contributed by atoms with van der Waals surface area (Å²) in [6, 6.07) is 12.5. The van der Waals surface area contributed by atoms with E-state index in [4.69, 9.17) is 5.73 Å². The second-order valence-corrected chi connectivity index (χ2v) is 9.90. The van der Waals surface area contributed by atoms with Gasteiger partial charge in [0.1, 0.15) is 0 Å². The van der Waals surface area contributed by atoms with Crippen LogP contribution in [0, 0.1) is 0 Å². The number of likely N-dealkylation sites (tertiary alicyclic amines) is 1. The molecule has 1 amide bonds. The van der Waals surface area contributed by atoms with E-state index in [-0.39, 0.29) is 16.8 Å². The normalized spacial score (nSPS) is 15.0. The minimum atomic E-state index is -2.67. The first-order valence-electron chi connectivity index (χ1n) is 10.2. The second kappa shape index (κ2) is 8.45. The van der Waals surface area contributed by atoms with Crippen molar-refractivity contribution in [3.05, 3.63) is 53.5 Å². The monoisotopic (exact) mass is 467 g/mol. The van der Waals surface area contributed by atoms with Gasteiger partial charge in [0.15, 0.2) is 10.7 Å². The predicted molar refractivity (Wildman–Crippen MR) is 126 cm³/mol. The Kier molecular flexibility index (Phi) is 5.50. The average molecular weight is 468 g/mol. The van der Waals surface area contributed by atoms with E-state index >= 15 is 0 Å². The van der Waals surface area contributed by atoms with E-state index in [2.05, 4.69) is 15.3 Å². The number of aromatic nitrogens is 2. The van der Waals surface area contributed by atoms with Crippen LogP contribution in [-0.2, 0) is 10.7 Å². The third kappa shape index (κ3) is 4.04. The summed E-state index contributed by atoms with van der Waals surface area (Å²) in [5.74, 6) is 0.384. The van der Waals surface area contributed by atoms with Crippen molar-refractivity contribution in [3.8, 4) is 0 Å². The van der Waals surface area contributed by atoms with Gasteiger partial charge in [-0.05, 0) is 49.2 Å². The molecule has 2 aromatic carbocycles. The van der Waals surface area contributed by atoms with Crippen molar-refractivity contribution in [2.45, 2.75) is 23.8 Å². The van der Waals surface area contributed by atoms with Gasteiger partial charge in [0.2, 0.25) is 5.95 Å². The first-order chi connectivity index (χ1) is 15.5. The molecule has 10 heteroatoms. The van der Waals surface area contributed by atoms with Gasteiger partial charge in [-0.25, -0.2) is 18.4 Å². The van der Waals surface area contributed by atoms with Gasteiger partial charge in [0, 0.05) is 46.5 Å². The number of fused-ring (bicyclic) bond motifs is 3. The van der Waals surface area contributed by atoms with E-state index in [1.54, 1.807) is 18.3 Å². The van der Waals surface area contributed by atoms with Gasteiger partial charge >= 0.3 is 0 Å². The molecule has 0 atom stereocenters. The van der Waals surface area contributed by atoms with Crippen molar-refractivity contribution in [2.24, 2.45) is 5.73 Å². The van der Waals surface area contributed by atoms with Crippen LogP contribution in [0.15, 0.2) is 53.6 Å². The van der Waals surface area contributed by atoms with Gasteiger partial charge in [-0.15, -0.1) is 11.3 Å². The fourth-order valence-corrected chi connectivity index (χ4v) is 5.34. The number of nitrogens with two attached hydrogens (primary N) is 1. The van der Waals surface area contributed by atoms with Gasteiger partial charge in [-0.2, -0.15) is 0 Å². The number of nitrogens with zero attached hydrogens (tertiary/aromatic N) is 3. The number of rotatable bonds is 4. The Morgan fingerprint density at radius 2 is 1.97 bits per heavy atom. The lowest BCUT2D eigenvalue weighted by atomic mass is 10.1. The molecule has 1 aliphatic rings. The molecule has 1 saturated heterocycles. The summed E-state index contributed by atoms with van der Waals surface area (Å²) < 4.78 is 23.5. The second-order valence-electron chi connectivity index (χ2n) is 7.78. The van der Waals surface area contributed by atoms with E-state index in [9.17, 15) is 13.2 Å². The fraction of sp³-hybridized carbons (Fsp3) is 0.227. The smallest absolute Gasteiger partial charge is 0.263 e. The van der Waals surface area contributed by atoms with Crippen LogP contribution in [-0.4, -0.2) is 48.3 Å². The Labute approximate surface area is 190 Å². The molecule has 0 aliphatic carbocycles. The number of piperidine rings is 1. The molecule has 0 unspecified atom stereocenters. The Morgan fingerprint density at radius 1 is 1.16 bits per heavy atom. The van der Waals surface area contributed by atoms with Crippen molar-refractivity contribution in [1.82, 2.24) is 14.9 Å². The topological polar surface area (TPSA) is 118 Å². The molecule has 32 heavy (non-hydrogen) atoms. The zero-order valence-corrected chi connectivity index (χ0v) is 18.7. The maximum absolute atomic E-state index is 13.0. The highest BCUT2D eigenvalue weighted by Gasteiger charge is 2.23. The number of thiol groups is 1. The number of carbonyl (C=O) groups is 1. The van der Waals surface area contributed by atoms with Crippen LogP contribution in [0.5, 0.6) is 0 Å². The lowest BCUT2D eigenvalue weighted by Gasteiger charge is -2.29. The zero-order chi connectivity index (χ0) is 22.2. The lowest BCUT2D eigenvalue weighted by Crippen LogP contribution is -2.42. The summed E-state index contributed by atoms with van der Waals surface area (Å²) in [5, 5.41) is 4.82. The summed E-state index contributed by atoms with van der Waals surface area (Å²) in [4.78, 5) is 24.8. The summed E-state index contributed by atoms with van der Waals surface area (Å²) in [6.07, 6.45) is 3.36. The Bertz CT molecular complexity index is 1400. The maximum Gasteiger partial charge on any atom is 0.263 e. The Hall–Kier alpha value is -3.08. The third-order valence-corrected chi connectivity index (χ3v) is 7.39. The molecule has 164 valence electrons. The van der Waals surface area contributed by atoms with Gasteiger partial charge in [-0.3, -0.25) is 4.79 Å². The van der Waals surface area contributed by atoms with Gasteiger partial charge in [-0.1, -0.05) is 6.07 Å². The van der Waals surface area contributed by atoms with Crippen LogP contribution in [0.1, 0.15) is 22.5 Å². The minimum Gasteiger partial charge on any atom is -0.338 e. The van der Waals surface area contributed by atoms with E-state index in [0.717, 1.165) is 33.8 Å². The summed E-state index contributed by atoms with van der Waals surface area (Å²) in [6.45, 7) is 1.36. The predicted octanol–water partition coefficient (Wildman–Crippen LogP) is 3.12. The molecule has 5 rings (SSSR count). The average Bonchev–Trinajstić information content (AvgIpc) is 3.24. The molecule has 0 saturated carbocycles. The van der Waals surface area contributed by atoms with Crippen LogP contribution < -0.4 is 11.1 Å². The highest BCUT2D eigenvalue weighted by atomic mass is 32.2. The summed E-state index contributed by atoms with van der Waals surface area (Å²) in [7, 11) is -2.67. The highest BCUT2D eigenvalue weighted by Crippen LogP contribution is 2.32. The van der Waals surface area contributed by atoms with E-state index < -0.39 is 10.7 Å². The van der Waals surface area contributed by atoms with Gasteiger partial charge in [0.25, 0.3) is 5.91 Å². The van der Waals surface area contributed by atoms with Crippen molar-refractivity contribution in [1.29, 1.82) is 0 Å². The number of carbonyl (C=O) groups excluding carboxylic acids is 1. The summed E-state index contributed by atoms with van der Waals surface area (Å²) >= 11 is 1.46. The molecule has 3 heterocycles. The number of hydrogen-bond donors (Lipinski definition) is 3. The number of hydrogen-bond acceptors (Lipinski definition) is 8. The number of benzene rings is 2. The van der Waals surface area contributed by atoms with Crippen LogP contribution in [0.2, 0.25) is 0 Å². The molecule has 8 nitrogen and oxygen atoms in total. The van der Waals surface area contributed by atoms with Crippen LogP contribution >= 0.6 is 11.3 Å². The highest BCUT2D eigenvalue weighted by molar-refractivity contribution is 7.72. The third-order valence-electron chi connectivity index (χ3n) is 5.60. The SMILES string of the molecule is NC1CCN(C(=O)c2cc3c(ccc4cnc(Nc5cccc([SH](=O)=O)c5)nc43)s2)CC1. The number of nitrogens with one attached hydrogen (secondary N) is 1. The molecule has 3 N–H and O–H groups in total. The van der Waals surface area contributed by atoms with Crippen LogP contribution in [0.25, 0.3) is 21.0 Å². The zero-order valence-electron chi connectivity index (χ0n) is 17.0. The minimum absolute atomic E-state index is 0.0298. The van der Waals surface area contributed by atoms with Crippen LogP contribution in [0.4, 0.5) is 11.6 Å². The quantitative estimate of drug-likeness (QED) is 0.395. The van der Waals surface area contributed by atoms with Crippen molar-refractivity contribution < 1.29 is 13.2 Å². The number of amides is 1. The number of anilines is 2. The van der Waals surface area contributed by atoms with E-state index in [1.165, 1.54) is 23.5 Å². The molecule has 1 aliphatic heterocycles. The van der Waals surface area contributed by atoms with E-state index in [0.29, 0.717) is 29.6 Å². The molecule has 0 spiro atoms. The Balaban J connectivity index is 1.48. The summed E-state index contributed by atoms with van der Waals surface area (Å²) in [5.41, 5.74) is 7.29. The molecule has 2 aromatic heterocycles. The Morgan fingerprint density at radius 3 is 2.75 bits per heavy atom.